The summed E-state index contributed by atoms with van der Waals surface area (Å²) in [5.41, 5.74) is 26.5. The molecule has 1 unspecified atom stereocenters. The summed E-state index contributed by atoms with van der Waals surface area (Å²) in [4.78, 5) is 273. The SMILES string of the molecule is CCCC[C@H]1C(=O)N(C)[C@@H](CCCC)C(=O)N[C@@H](CCCN)C(=O)N[C@H](C(=O)NCC(N)=O)CSCC(=O)N[C@@H](Cc2ccc(O)cc2)C(=O)N2CCCCC2C(=O)N[C@@H](CC(=O)O)C(=O)N2CCC[C@H]2C(=O)N[C@@H](CN)C(=O)N[C@@H](CCC(=O)O)C(=O)N2C[C@H](O)C[C@H]2C(=O)N[C@@H](Cc2c[nH]c3ccccc23)C(=O)N[C@@H](CCN)C(=O)N[C@@H](Cc2c[nH]c3ccccc23)C(=O)N1C. The van der Waals surface area contributed by atoms with Gasteiger partial charge in [-0.05, 0) is 125 Å². The lowest BCUT2D eigenvalue weighted by atomic mass is 9.97. The number of aliphatic hydroxyl groups excluding tert-OH is 1. The van der Waals surface area contributed by atoms with Gasteiger partial charge in [-0.2, -0.15) is 0 Å². The summed E-state index contributed by atoms with van der Waals surface area (Å²) in [6, 6.07) is -2.43. The highest BCUT2D eigenvalue weighted by Gasteiger charge is 2.47. The number of nitrogens with two attached hydrogens (primary N) is 4. The largest absolute Gasteiger partial charge is 0.508 e. The number of amides is 16. The van der Waals surface area contributed by atoms with Gasteiger partial charge in [0.25, 0.3) is 0 Å². The number of thioether (sulfide) groups is 1. The number of aromatic nitrogens is 2. The number of primary amides is 1. The van der Waals surface area contributed by atoms with Gasteiger partial charge in [-0.15, -0.1) is 11.8 Å². The number of piperidine rings is 1. The summed E-state index contributed by atoms with van der Waals surface area (Å²) in [7, 11) is 2.73. The second-order valence-electron chi connectivity index (χ2n) is 33.9. The van der Waals surface area contributed by atoms with Crippen molar-refractivity contribution in [2.24, 2.45) is 22.9 Å². The molecule has 0 radical (unpaired) electrons. The molecule has 4 aliphatic heterocycles. The first kappa shape index (κ1) is 104. The molecule has 16 amide bonds. The van der Waals surface area contributed by atoms with E-state index in [1.807, 2.05) is 13.8 Å². The van der Waals surface area contributed by atoms with Gasteiger partial charge < -0.3 is 131 Å². The third-order valence-corrected chi connectivity index (χ3v) is 25.3. The van der Waals surface area contributed by atoms with E-state index in [1.54, 1.807) is 60.9 Å². The van der Waals surface area contributed by atoms with Crippen molar-refractivity contribution in [3.63, 3.8) is 0 Å². The molecule has 4 saturated heterocycles. The number of hydrogen-bond acceptors (Lipinski definition) is 24. The number of H-pyrrole nitrogens is 2. The first-order valence-electron chi connectivity index (χ1n) is 45.0. The van der Waals surface area contributed by atoms with Gasteiger partial charge in [0.2, 0.25) is 94.5 Å². The molecular weight excluding hydrogens is 1750 g/mol. The van der Waals surface area contributed by atoms with Crippen LogP contribution in [0.3, 0.4) is 0 Å². The molecule has 6 heterocycles. The van der Waals surface area contributed by atoms with Crippen LogP contribution >= 0.6 is 11.8 Å². The van der Waals surface area contributed by atoms with Gasteiger partial charge >= 0.3 is 11.9 Å². The van der Waals surface area contributed by atoms with E-state index in [-0.39, 0.29) is 103 Å². The van der Waals surface area contributed by atoms with Crippen LogP contribution in [-0.2, 0) is 106 Å². The molecule has 0 spiro atoms. The minimum Gasteiger partial charge on any atom is -0.508 e. The average Bonchev–Trinajstić information content (AvgIpc) is 1.56. The lowest BCUT2D eigenvalue weighted by Crippen LogP contribution is -2.62. The van der Waals surface area contributed by atoms with E-state index in [1.165, 1.54) is 48.2 Å². The highest BCUT2D eigenvalue weighted by molar-refractivity contribution is 8.00. The molecule has 2 aromatic heterocycles. The van der Waals surface area contributed by atoms with Crippen molar-refractivity contribution in [2.45, 2.75) is 239 Å². The summed E-state index contributed by atoms with van der Waals surface area (Å²) in [6.45, 7) is 1.15. The van der Waals surface area contributed by atoms with E-state index >= 15 is 38.4 Å². The van der Waals surface area contributed by atoms with Gasteiger partial charge in [0.15, 0.2) is 0 Å². The maximum Gasteiger partial charge on any atom is 0.305 e. The number of aromatic amines is 2. The number of carboxylic acid groups (broad SMARTS) is 2. The van der Waals surface area contributed by atoms with E-state index in [2.05, 4.69) is 63.1 Å². The maximum absolute atomic E-state index is 15.8. The monoisotopic (exact) mass is 1870 g/mol. The minimum absolute atomic E-state index is 0.000620. The Morgan fingerprint density at radius 1 is 0.481 bits per heavy atom. The topological polar surface area (TPSA) is 660 Å². The number of aliphatic carboxylic acids is 2. The summed E-state index contributed by atoms with van der Waals surface area (Å²) < 4.78 is 0. The Morgan fingerprint density at radius 2 is 0.985 bits per heavy atom. The van der Waals surface area contributed by atoms with Crippen molar-refractivity contribution < 1.29 is 107 Å². The molecule has 15 atom stereocenters. The van der Waals surface area contributed by atoms with Crippen molar-refractivity contribution in [3.8, 4) is 5.75 Å². The van der Waals surface area contributed by atoms with Gasteiger partial charge in [0.05, 0.1) is 24.8 Å². The van der Waals surface area contributed by atoms with Gasteiger partial charge in [-0.1, -0.05) is 88.1 Å². The van der Waals surface area contributed by atoms with Crippen LogP contribution in [0.4, 0.5) is 0 Å². The number of unbranched alkanes of at least 4 members (excludes halogenated alkanes) is 2. The third kappa shape index (κ3) is 28.6. The number of phenols is 1. The summed E-state index contributed by atoms with van der Waals surface area (Å²) in [5, 5.41) is 69.3. The van der Waals surface area contributed by atoms with Crippen LogP contribution in [0.5, 0.6) is 5.75 Å². The van der Waals surface area contributed by atoms with Crippen molar-refractivity contribution in [1.82, 2.24) is 87.6 Å². The zero-order valence-corrected chi connectivity index (χ0v) is 75.9. The molecular formula is C89H125N21O22S. The number of likely N-dealkylation sites (N-methyl/N-ethyl adjacent to an activating group) is 2. The molecule has 9 rings (SSSR count). The first-order chi connectivity index (χ1) is 63.6. The molecule has 3 aromatic carbocycles. The van der Waals surface area contributed by atoms with Crippen LogP contribution < -0.4 is 76.1 Å². The quantitative estimate of drug-likeness (QED) is 0.0260. The fraction of sp³-hybridized carbons (Fsp3) is 0.551. The Morgan fingerprint density at radius 3 is 1.59 bits per heavy atom. The third-order valence-electron chi connectivity index (χ3n) is 24.3. The number of nitrogens with zero attached hydrogens (tertiary/aromatic N) is 5. The number of carboxylic acids is 2. The lowest BCUT2D eigenvalue weighted by molar-refractivity contribution is -0.149. The average molecular weight is 1870 g/mol. The Bertz CT molecular complexity index is 5000. The lowest BCUT2D eigenvalue weighted by Gasteiger charge is -2.38. The highest BCUT2D eigenvalue weighted by Crippen LogP contribution is 2.29. The van der Waals surface area contributed by atoms with Crippen molar-refractivity contribution in [1.29, 1.82) is 0 Å². The van der Waals surface area contributed by atoms with Crippen LogP contribution in [0, 0.1) is 0 Å². The highest BCUT2D eigenvalue weighted by atomic mass is 32.2. The molecule has 24 N–H and O–H groups in total. The van der Waals surface area contributed by atoms with Gasteiger partial charge in [0.1, 0.15) is 90.3 Å². The van der Waals surface area contributed by atoms with Crippen LogP contribution in [0.1, 0.15) is 146 Å². The zero-order chi connectivity index (χ0) is 96.9. The number of benzene rings is 3. The smallest absolute Gasteiger partial charge is 0.305 e. The molecule has 133 heavy (non-hydrogen) atoms. The van der Waals surface area contributed by atoms with Crippen LogP contribution in [0.2, 0.25) is 0 Å². The number of aromatic hydroxyl groups is 1. The normalized spacial score (nSPS) is 25.4. The fourth-order valence-corrected chi connectivity index (χ4v) is 17.9. The van der Waals surface area contributed by atoms with E-state index in [0.717, 1.165) is 26.5 Å². The number of carbonyl (C=O) groups excluding carboxylic acids is 16. The molecule has 4 aliphatic rings. The number of para-hydroxylation sites is 2. The summed E-state index contributed by atoms with van der Waals surface area (Å²) in [5.74, 6) is -19.4. The van der Waals surface area contributed by atoms with E-state index in [0.29, 0.717) is 77.0 Å². The molecule has 0 bridgehead atoms. The summed E-state index contributed by atoms with van der Waals surface area (Å²) in [6.07, 6.45) is 0.0492. The Balaban J connectivity index is 1.09. The van der Waals surface area contributed by atoms with Gasteiger partial charge in [0, 0.05) is 112 Å². The summed E-state index contributed by atoms with van der Waals surface area (Å²) >= 11 is 0.781. The van der Waals surface area contributed by atoms with Crippen LogP contribution in [0.25, 0.3) is 21.8 Å². The van der Waals surface area contributed by atoms with Crippen molar-refractivity contribution >= 4 is 140 Å². The number of hydrogen-bond donors (Lipinski definition) is 20. The number of nitrogens with one attached hydrogen (secondary N) is 12. The Labute approximate surface area is 772 Å². The second-order valence-corrected chi connectivity index (χ2v) is 35.0. The standard InChI is InChI=1S/C89H125N21O22S/c1-5-7-22-67-81(124)99-58(21-15-33-90)77(120)105-66(76(119)96-45-72(93)113)47-133-48-73(114)97-62(37-49-26-28-52(111)29-27-49)87(130)108-35-14-13-24-68(108)82(125)103-64(41-75(117)118)88(131)109-36-16-25-69(109)83(126)104-65(42-92)80(123)100-60(30-31-74(115)116)86(129)110-46-53(112)40-71(110)84(127)101-61(38-50-43-94-56-19-11-9-17-54(50)56)79(122)98-59(32-34-91)78(121)102-63(39-51-44-95-57-20-12-10-18-55(51)57)85(128)107(4)70(23-8-6-2)89(132)106(67)3/h9-12,17-20,26-29,43-44,53,58-71,94-95,111-112H,5-8,13-16,21-25,30-42,45-48,90-92H2,1-4H3,(H2,93,113)(H,96,119)(H,97,114)(H,98,122)(H,99,124)(H,100,123)(H,101,127)(H,102,121)(H,103,125)(H,104,126)(H,105,120)(H,115,116)(H,117,118)/t53-,58+,59+,60+,61+,62+,63+,64+,65+,66+,67+,68?,69+,70+,71+/m1/s1. The van der Waals surface area contributed by atoms with Crippen LogP contribution in [0.15, 0.2) is 85.2 Å². The predicted molar refractivity (Wildman–Crippen MR) is 485 cm³/mol. The Hall–Kier alpha value is -12.8. The number of phenolic OH excluding ortho intramolecular Hbond substituents is 1. The van der Waals surface area contributed by atoms with Gasteiger partial charge in [-0.25, -0.2) is 0 Å². The van der Waals surface area contributed by atoms with E-state index in [9.17, 15) is 68.4 Å². The zero-order valence-electron chi connectivity index (χ0n) is 75.0. The predicted octanol–water partition coefficient (Wildman–Crippen LogP) is -3.15. The molecule has 0 saturated carbocycles. The maximum atomic E-state index is 15.8. The van der Waals surface area contributed by atoms with Crippen molar-refractivity contribution in [3.05, 3.63) is 102 Å². The van der Waals surface area contributed by atoms with Gasteiger partial charge in [-0.3, -0.25) is 86.3 Å². The van der Waals surface area contributed by atoms with E-state index in [4.69, 9.17) is 22.9 Å². The van der Waals surface area contributed by atoms with Crippen LogP contribution in [-0.4, -0.2) is 323 Å². The molecule has 44 heteroatoms. The minimum atomic E-state index is -1.91. The first-order valence-corrected chi connectivity index (χ1v) is 46.1. The molecule has 5 aromatic rings. The molecule has 43 nitrogen and oxygen atoms in total. The Kier molecular flexibility index (Phi) is 39.2. The van der Waals surface area contributed by atoms with E-state index < -0.39 is 254 Å². The number of rotatable bonds is 26. The molecule has 0 aliphatic carbocycles. The molecule has 4 fully saturated rings. The number of aliphatic hydroxyl groups is 1. The fourth-order valence-electron chi connectivity index (χ4n) is 17.1. The number of carbonyl (C=O) groups is 18. The molecule has 724 valence electrons. The number of fused-ring (bicyclic) bond motifs is 5. The van der Waals surface area contributed by atoms with Crippen molar-refractivity contribution in [2.75, 3.05) is 71.4 Å². The second kappa shape index (κ2) is 50.2.